The minimum atomic E-state index is -0.436. The van der Waals surface area contributed by atoms with E-state index >= 15 is 0 Å². The second-order valence-electron chi connectivity index (χ2n) is 4.84. The maximum absolute atomic E-state index is 12.7. The summed E-state index contributed by atoms with van der Waals surface area (Å²) < 4.78 is 10.1. The van der Waals surface area contributed by atoms with Crippen molar-refractivity contribution in [3.8, 4) is 11.8 Å². The fraction of sp³-hybridized carbons (Fsp3) is 0.250. The first-order chi connectivity index (χ1) is 10.9. The highest BCUT2D eigenvalue weighted by Gasteiger charge is 2.19. The normalized spacial score (nSPS) is 10.1. The molecule has 0 saturated heterocycles. The topological polar surface area (TPSA) is 90.4 Å². The SMILES string of the molecule is COc1cc(OC)nc(C(=O)c2cc(C)ccc2NC(C)=O)n1. The van der Waals surface area contributed by atoms with E-state index in [2.05, 4.69) is 15.3 Å². The molecule has 1 N–H and O–H groups in total. The number of ether oxygens (including phenoxy) is 2. The van der Waals surface area contributed by atoms with Crippen LogP contribution in [0.25, 0.3) is 0 Å². The van der Waals surface area contributed by atoms with E-state index in [1.54, 1.807) is 18.2 Å². The number of nitrogens with one attached hydrogen (secondary N) is 1. The molecule has 1 amide bonds. The molecule has 1 aromatic heterocycles. The van der Waals surface area contributed by atoms with Gasteiger partial charge in [0.15, 0.2) is 0 Å². The van der Waals surface area contributed by atoms with Gasteiger partial charge in [0.1, 0.15) is 0 Å². The Labute approximate surface area is 133 Å². The average Bonchev–Trinajstić information content (AvgIpc) is 2.54. The summed E-state index contributed by atoms with van der Waals surface area (Å²) in [7, 11) is 2.87. The van der Waals surface area contributed by atoms with Crippen LogP contribution < -0.4 is 14.8 Å². The highest BCUT2D eigenvalue weighted by atomic mass is 16.5. The van der Waals surface area contributed by atoms with Gasteiger partial charge in [-0.1, -0.05) is 11.6 Å². The zero-order valence-electron chi connectivity index (χ0n) is 13.3. The van der Waals surface area contributed by atoms with Crippen LogP contribution in [0, 0.1) is 6.92 Å². The van der Waals surface area contributed by atoms with E-state index in [1.165, 1.54) is 27.2 Å². The van der Waals surface area contributed by atoms with Crippen LogP contribution in [-0.2, 0) is 4.79 Å². The molecule has 7 heteroatoms. The molecule has 2 aromatic rings. The summed E-state index contributed by atoms with van der Waals surface area (Å²) in [6.45, 7) is 3.22. The third-order valence-electron chi connectivity index (χ3n) is 3.03. The Balaban J connectivity index is 2.52. The lowest BCUT2D eigenvalue weighted by Crippen LogP contribution is -2.14. The van der Waals surface area contributed by atoms with Crippen LogP contribution in [0.5, 0.6) is 11.8 Å². The molecular weight excluding hydrogens is 298 g/mol. The van der Waals surface area contributed by atoms with Crippen LogP contribution in [0.3, 0.4) is 0 Å². The molecule has 0 fully saturated rings. The molecular formula is C16H17N3O4. The van der Waals surface area contributed by atoms with Crippen LogP contribution in [-0.4, -0.2) is 35.9 Å². The summed E-state index contributed by atoms with van der Waals surface area (Å²) in [5.74, 6) is -0.344. The number of carbonyl (C=O) groups excluding carboxylic acids is 2. The van der Waals surface area contributed by atoms with Crippen molar-refractivity contribution in [3.63, 3.8) is 0 Å². The van der Waals surface area contributed by atoms with Crippen molar-refractivity contribution in [2.45, 2.75) is 13.8 Å². The van der Waals surface area contributed by atoms with Gasteiger partial charge in [-0.2, -0.15) is 9.97 Å². The molecule has 120 valence electrons. The highest BCUT2D eigenvalue weighted by molar-refractivity contribution is 6.12. The van der Waals surface area contributed by atoms with E-state index in [0.29, 0.717) is 11.3 Å². The number of methoxy groups -OCH3 is 2. The zero-order chi connectivity index (χ0) is 17.0. The summed E-state index contributed by atoms with van der Waals surface area (Å²) in [5.41, 5.74) is 1.58. The van der Waals surface area contributed by atoms with Gasteiger partial charge >= 0.3 is 0 Å². The lowest BCUT2D eigenvalue weighted by atomic mass is 10.0. The first-order valence-electron chi connectivity index (χ1n) is 6.84. The summed E-state index contributed by atoms with van der Waals surface area (Å²) >= 11 is 0. The number of hydrogen-bond acceptors (Lipinski definition) is 6. The first kappa shape index (κ1) is 16.4. The van der Waals surface area contributed by atoms with Gasteiger partial charge in [-0.3, -0.25) is 9.59 Å². The molecule has 0 aliphatic heterocycles. The second-order valence-corrected chi connectivity index (χ2v) is 4.84. The van der Waals surface area contributed by atoms with Crippen LogP contribution in [0.4, 0.5) is 5.69 Å². The minimum absolute atomic E-state index is 0.0709. The third-order valence-corrected chi connectivity index (χ3v) is 3.03. The Morgan fingerprint density at radius 2 is 1.65 bits per heavy atom. The van der Waals surface area contributed by atoms with Gasteiger partial charge in [0.05, 0.1) is 26.0 Å². The number of hydrogen-bond donors (Lipinski definition) is 1. The Kier molecular flexibility index (Phi) is 4.90. The molecule has 0 unspecified atom stereocenters. The Morgan fingerprint density at radius 1 is 1.04 bits per heavy atom. The number of aryl methyl sites for hydroxylation is 1. The predicted octanol–water partition coefficient (Wildman–Crippen LogP) is 1.99. The van der Waals surface area contributed by atoms with Crippen molar-refractivity contribution < 1.29 is 19.1 Å². The smallest absolute Gasteiger partial charge is 0.232 e. The number of amides is 1. The van der Waals surface area contributed by atoms with Crippen molar-refractivity contribution in [3.05, 3.63) is 41.2 Å². The van der Waals surface area contributed by atoms with Crippen molar-refractivity contribution >= 4 is 17.4 Å². The minimum Gasteiger partial charge on any atom is -0.481 e. The molecule has 0 aliphatic carbocycles. The van der Waals surface area contributed by atoms with Gasteiger partial charge in [-0.25, -0.2) is 0 Å². The molecule has 0 aliphatic rings. The van der Waals surface area contributed by atoms with Crippen LogP contribution in [0.15, 0.2) is 24.3 Å². The van der Waals surface area contributed by atoms with Crippen molar-refractivity contribution in [1.82, 2.24) is 9.97 Å². The zero-order valence-corrected chi connectivity index (χ0v) is 13.3. The molecule has 0 saturated carbocycles. The van der Waals surface area contributed by atoms with E-state index in [4.69, 9.17) is 9.47 Å². The van der Waals surface area contributed by atoms with Gasteiger partial charge in [0.2, 0.25) is 29.3 Å². The van der Waals surface area contributed by atoms with E-state index in [9.17, 15) is 9.59 Å². The van der Waals surface area contributed by atoms with Crippen LogP contribution >= 0.6 is 0 Å². The molecule has 0 atom stereocenters. The van der Waals surface area contributed by atoms with Crippen molar-refractivity contribution in [2.75, 3.05) is 19.5 Å². The number of benzene rings is 1. The lowest BCUT2D eigenvalue weighted by Gasteiger charge is -2.10. The first-order valence-corrected chi connectivity index (χ1v) is 6.84. The standard InChI is InChI=1S/C16H17N3O4/c1-9-5-6-12(17-10(2)20)11(7-9)15(21)16-18-13(22-3)8-14(19-16)23-4/h5-8H,1-4H3,(H,17,20). The Bertz CT molecular complexity index is 737. The number of ketones is 1. The van der Waals surface area contributed by atoms with Crippen molar-refractivity contribution in [2.24, 2.45) is 0 Å². The summed E-state index contributed by atoms with van der Waals surface area (Å²) in [6.07, 6.45) is 0. The third kappa shape index (κ3) is 3.82. The number of nitrogens with zero attached hydrogens (tertiary/aromatic N) is 2. The van der Waals surface area contributed by atoms with Gasteiger partial charge in [-0.05, 0) is 19.1 Å². The number of rotatable bonds is 5. The maximum atomic E-state index is 12.7. The molecule has 1 heterocycles. The predicted molar refractivity (Wildman–Crippen MR) is 84.1 cm³/mol. The van der Waals surface area contributed by atoms with Crippen LogP contribution in [0.1, 0.15) is 28.7 Å². The molecule has 7 nitrogen and oxygen atoms in total. The number of anilines is 1. The fourth-order valence-corrected chi connectivity index (χ4v) is 1.98. The monoisotopic (exact) mass is 315 g/mol. The molecule has 23 heavy (non-hydrogen) atoms. The van der Waals surface area contributed by atoms with E-state index in [0.717, 1.165) is 5.56 Å². The fourth-order valence-electron chi connectivity index (χ4n) is 1.98. The second kappa shape index (κ2) is 6.87. The molecule has 1 aromatic carbocycles. The number of carbonyl (C=O) groups is 2. The van der Waals surface area contributed by atoms with Crippen LogP contribution in [0.2, 0.25) is 0 Å². The van der Waals surface area contributed by atoms with Gasteiger partial charge in [0, 0.05) is 12.5 Å². The lowest BCUT2D eigenvalue weighted by molar-refractivity contribution is -0.114. The summed E-state index contributed by atoms with van der Waals surface area (Å²) in [5, 5.41) is 2.63. The Morgan fingerprint density at radius 3 is 2.17 bits per heavy atom. The van der Waals surface area contributed by atoms with E-state index < -0.39 is 5.78 Å². The largest absolute Gasteiger partial charge is 0.481 e. The van der Waals surface area contributed by atoms with E-state index in [-0.39, 0.29) is 23.5 Å². The maximum Gasteiger partial charge on any atom is 0.232 e. The summed E-state index contributed by atoms with van der Waals surface area (Å²) in [4.78, 5) is 32.2. The molecule has 0 radical (unpaired) electrons. The van der Waals surface area contributed by atoms with Gasteiger partial charge < -0.3 is 14.8 Å². The highest BCUT2D eigenvalue weighted by Crippen LogP contribution is 2.22. The quantitative estimate of drug-likeness (QED) is 0.849. The van der Waals surface area contributed by atoms with E-state index in [1.807, 2.05) is 6.92 Å². The summed E-state index contributed by atoms with van der Waals surface area (Å²) in [6, 6.07) is 6.61. The Hall–Kier alpha value is -2.96. The molecule has 2 rings (SSSR count). The number of aromatic nitrogens is 2. The molecule has 0 bridgehead atoms. The van der Waals surface area contributed by atoms with Gasteiger partial charge in [0.25, 0.3) is 0 Å². The average molecular weight is 315 g/mol. The van der Waals surface area contributed by atoms with Gasteiger partial charge in [-0.15, -0.1) is 0 Å². The molecule has 0 spiro atoms. The van der Waals surface area contributed by atoms with Crippen molar-refractivity contribution in [1.29, 1.82) is 0 Å².